The van der Waals surface area contributed by atoms with E-state index in [1.807, 2.05) is 0 Å². The van der Waals surface area contributed by atoms with Gasteiger partial charge in [0.2, 0.25) is 5.78 Å². The van der Waals surface area contributed by atoms with Crippen LogP contribution in [0.15, 0.2) is 25.3 Å². The predicted octanol–water partition coefficient (Wildman–Crippen LogP) is -0.213. The highest BCUT2D eigenvalue weighted by molar-refractivity contribution is 5.98. The van der Waals surface area contributed by atoms with Gasteiger partial charge in [-0.3, -0.25) is 4.79 Å². The first-order valence-corrected chi connectivity index (χ1v) is 4.51. The van der Waals surface area contributed by atoms with Crippen LogP contribution in [0.2, 0.25) is 0 Å². The molecular weight excluding hydrogens is 198 g/mol. The van der Waals surface area contributed by atoms with Crippen LogP contribution in [0.5, 0.6) is 0 Å². The summed E-state index contributed by atoms with van der Waals surface area (Å²) in [5.41, 5.74) is 0. The van der Waals surface area contributed by atoms with E-state index < -0.39 is 17.5 Å². The van der Waals surface area contributed by atoms with Crippen LogP contribution in [-0.4, -0.2) is 37.2 Å². The molecule has 1 aliphatic heterocycles. The van der Waals surface area contributed by atoms with E-state index in [1.54, 1.807) is 0 Å². The summed E-state index contributed by atoms with van der Waals surface area (Å²) in [6, 6.07) is 0. The van der Waals surface area contributed by atoms with Gasteiger partial charge in [-0.1, -0.05) is 13.2 Å². The molecule has 1 heterocycles. The number of carbonyl (C=O) groups is 2. The highest BCUT2D eigenvalue weighted by Crippen LogP contribution is 2.17. The standard InChI is InChI=1S/C10H13NO4/c1-3-8(12)10(15-9(13)4-2)7-11-5-6-14-10/h3-4,11H,1-2,5-7H2. The van der Waals surface area contributed by atoms with Crippen molar-refractivity contribution in [1.29, 1.82) is 0 Å². The first kappa shape index (κ1) is 11.6. The van der Waals surface area contributed by atoms with Crippen LogP contribution in [0.4, 0.5) is 0 Å². The molecule has 0 amide bonds. The Bertz CT molecular complexity index is 292. The molecule has 5 heteroatoms. The number of rotatable bonds is 4. The smallest absolute Gasteiger partial charge is 0.333 e. The zero-order chi connectivity index (χ0) is 11.3. The molecule has 0 aromatic rings. The number of hydrogen-bond acceptors (Lipinski definition) is 5. The Hall–Kier alpha value is -1.46. The first-order valence-electron chi connectivity index (χ1n) is 4.51. The average Bonchev–Trinajstić information content (AvgIpc) is 2.29. The van der Waals surface area contributed by atoms with Crippen LogP contribution in [0.3, 0.4) is 0 Å². The minimum Gasteiger partial charge on any atom is -0.420 e. The van der Waals surface area contributed by atoms with Gasteiger partial charge in [0.1, 0.15) is 0 Å². The largest absolute Gasteiger partial charge is 0.420 e. The normalized spacial score (nSPS) is 25.3. The maximum atomic E-state index is 11.5. The van der Waals surface area contributed by atoms with E-state index in [1.165, 1.54) is 0 Å². The van der Waals surface area contributed by atoms with Crippen molar-refractivity contribution in [2.24, 2.45) is 0 Å². The predicted molar refractivity (Wildman–Crippen MR) is 53.0 cm³/mol. The Labute approximate surface area is 87.7 Å². The Morgan fingerprint density at radius 1 is 1.40 bits per heavy atom. The van der Waals surface area contributed by atoms with Gasteiger partial charge in [-0.05, 0) is 6.08 Å². The Balaban J connectivity index is 2.84. The lowest BCUT2D eigenvalue weighted by Gasteiger charge is -2.34. The summed E-state index contributed by atoms with van der Waals surface area (Å²) in [5.74, 6) is -2.76. The number of nitrogens with one attached hydrogen (secondary N) is 1. The third kappa shape index (κ3) is 2.51. The molecular formula is C10H13NO4. The Kier molecular flexibility index (Phi) is 3.76. The quantitative estimate of drug-likeness (QED) is 0.514. The van der Waals surface area contributed by atoms with E-state index in [4.69, 9.17) is 9.47 Å². The van der Waals surface area contributed by atoms with Gasteiger partial charge in [-0.15, -0.1) is 0 Å². The highest BCUT2D eigenvalue weighted by atomic mass is 16.7. The number of carbonyl (C=O) groups excluding carboxylic acids is 2. The summed E-state index contributed by atoms with van der Waals surface area (Å²) in [7, 11) is 0. The van der Waals surface area contributed by atoms with Gasteiger partial charge in [0, 0.05) is 12.6 Å². The van der Waals surface area contributed by atoms with Gasteiger partial charge in [-0.25, -0.2) is 4.79 Å². The molecule has 1 N–H and O–H groups in total. The number of morpholine rings is 1. The third-order valence-corrected chi connectivity index (χ3v) is 1.96. The van der Waals surface area contributed by atoms with Crippen LogP contribution in [-0.2, 0) is 19.1 Å². The molecule has 0 radical (unpaired) electrons. The lowest BCUT2D eigenvalue weighted by Crippen LogP contribution is -2.57. The van der Waals surface area contributed by atoms with Crippen molar-refractivity contribution in [3.63, 3.8) is 0 Å². The van der Waals surface area contributed by atoms with Gasteiger partial charge in [-0.2, -0.15) is 0 Å². The fourth-order valence-corrected chi connectivity index (χ4v) is 1.23. The second-order valence-electron chi connectivity index (χ2n) is 2.97. The summed E-state index contributed by atoms with van der Waals surface area (Å²) in [4.78, 5) is 22.6. The molecule has 0 aromatic heterocycles. The van der Waals surface area contributed by atoms with E-state index in [2.05, 4.69) is 18.5 Å². The van der Waals surface area contributed by atoms with E-state index in [0.29, 0.717) is 13.2 Å². The molecule has 1 unspecified atom stereocenters. The van der Waals surface area contributed by atoms with Crippen molar-refractivity contribution in [1.82, 2.24) is 5.32 Å². The molecule has 0 saturated carbocycles. The molecule has 5 nitrogen and oxygen atoms in total. The maximum Gasteiger partial charge on any atom is 0.333 e. The van der Waals surface area contributed by atoms with E-state index >= 15 is 0 Å². The molecule has 15 heavy (non-hydrogen) atoms. The van der Waals surface area contributed by atoms with Crippen LogP contribution in [0.1, 0.15) is 0 Å². The molecule has 0 aliphatic carbocycles. The zero-order valence-electron chi connectivity index (χ0n) is 8.32. The molecule has 1 atom stereocenters. The SMILES string of the molecule is C=CC(=O)OC1(C(=O)C=C)CNCCO1. The summed E-state index contributed by atoms with van der Waals surface area (Å²) in [5, 5.41) is 2.92. The van der Waals surface area contributed by atoms with Gasteiger partial charge in [0.25, 0.3) is 5.79 Å². The lowest BCUT2D eigenvalue weighted by atomic mass is 10.1. The Morgan fingerprint density at radius 3 is 2.60 bits per heavy atom. The second-order valence-corrected chi connectivity index (χ2v) is 2.97. The molecule has 0 spiro atoms. The molecule has 0 aromatic carbocycles. The van der Waals surface area contributed by atoms with Crippen molar-refractivity contribution in [2.75, 3.05) is 19.7 Å². The molecule has 1 aliphatic rings. The number of ether oxygens (including phenoxy) is 2. The van der Waals surface area contributed by atoms with Crippen molar-refractivity contribution in [3.8, 4) is 0 Å². The van der Waals surface area contributed by atoms with E-state index in [0.717, 1.165) is 12.2 Å². The van der Waals surface area contributed by atoms with Gasteiger partial charge in [0.05, 0.1) is 13.2 Å². The van der Waals surface area contributed by atoms with Crippen LogP contribution >= 0.6 is 0 Å². The maximum absolute atomic E-state index is 11.5. The fourth-order valence-electron chi connectivity index (χ4n) is 1.23. The Morgan fingerprint density at radius 2 is 2.13 bits per heavy atom. The fraction of sp³-hybridized carbons (Fsp3) is 0.400. The van der Waals surface area contributed by atoms with Crippen LogP contribution in [0, 0.1) is 0 Å². The van der Waals surface area contributed by atoms with Crippen molar-refractivity contribution in [3.05, 3.63) is 25.3 Å². The number of ketones is 1. The van der Waals surface area contributed by atoms with Gasteiger partial charge >= 0.3 is 5.97 Å². The number of hydrogen-bond donors (Lipinski definition) is 1. The zero-order valence-corrected chi connectivity index (χ0v) is 8.32. The van der Waals surface area contributed by atoms with Crippen molar-refractivity contribution < 1.29 is 19.1 Å². The lowest BCUT2D eigenvalue weighted by molar-refractivity contribution is -0.226. The minimum absolute atomic E-state index is 0.122. The van der Waals surface area contributed by atoms with Gasteiger partial charge in [0.15, 0.2) is 0 Å². The summed E-state index contributed by atoms with van der Waals surface area (Å²) in [6.07, 6.45) is 2.06. The molecule has 82 valence electrons. The highest BCUT2D eigenvalue weighted by Gasteiger charge is 2.43. The molecule has 1 fully saturated rings. The second kappa shape index (κ2) is 4.86. The monoisotopic (exact) mass is 211 g/mol. The topological polar surface area (TPSA) is 64.6 Å². The summed E-state index contributed by atoms with van der Waals surface area (Å²) in [6.45, 7) is 7.62. The third-order valence-electron chi connectivity index (χ3n) is 1.96. The summed E-state index contributed by atoms with van der Waals surface area (Å²) < 4.78 is 10.1. The van der Waals surface area contributed by atoms with E-state index in [9.17, 15) is 9.59 Å². The van der Waals surface area contributed by atoms with Crippen LogP contribution < -0.4 is 5.32 Å². The van der Waals surface area contributed by atoms with E-state index in [-0.39, 0.29) is 6.54 Å². The van der Waals surface area contributed by atoms with Crippen molar-refractivity contribution >= 4 is 11.8 Å². The van der Waals surface area contributed by atoms with Crippen LogP contribution in [0.25, 0.3) is 0 Å². The average molecular weight is 211 g/mol. The molecule has 1 rings (SSSR count). The number of esters is 1. The molecule has 0 bridgehead atoms. The van der Waals surface area contributed by atoms with Gasteiger partial charge < -0.3 is 14.8 Å². The minimum atomic E-state index is -1.58. The molecule has 1 saturated heterocycles. The first-order chi connectivity index (χ1) is 7.14. The summed E-state index contributed by atoms with van der Waals surface area (Å²) >= 11 is 0. The van der Waals surface area contributed by atoms with Crippen molar-refractivity contribution in [2.45, 2.75) is 5.79 Å².